The average Bonchev–Trinajstić information content (AvgIpc) is 2.53. The zero-order chi connectivity index (χ0) is 16.1. The average molecular weight is 304 g/mol. The zero-order valence-electron chi connectivity index (χ0n) is 12.3. The van der Waals surface area contributed by atoms with Crippen molar-refractivity contribution in [3.8, 4) is 17.0 Å². The summed E-state index contributed by atoms with van der Waals surface area (Å²) >= 11 is 0. The summed E-state index contributed by atoms with van der Waals surface area (Å²) in [5.74, 6) is -0.752. The molecule has 1 aromatic carbocycles. The number of carboxylic acid groups (broad SMARTS) is 1. The number of ether oxygens (including phenoxy) is 2. The number of carbonyl (C=O) groups is 1. The molecule has 0 fully saturated rings. The Bertz CT molecular complexity index is 739. The SMILES string of the molecule is COCCn1nc(-c2ccccc2OC)cc(C(=O)O)c1=O. The Hall–Kier alpha value is -2.67. The third-order valence-electron chi connectivity index (χ3n) is 3.09. The standard InChI is InChI=1S/C15H16N2O5/c1-21-8-7-17-14(18)11(15(19)20)9-12(16-17)10-5-3-4-6-13(10)22-2/h3-6,9H,7-8H2,1-2H3,(H,19,20). The fourth-order valence-electron chi connectivity index (χ4n) is 2.01. The minimum Gasteiger partial charge on any atom is -0.496 e. The van der Waals surface area contributed by atoms with Crippen molar-refractivity contribution in [2.75, 3.05) is 20.8 Å². The van der Waals surface area contributed by atoms with E-state index in [0.717, 1.165) is 4.68 Å². The summed E-state index contributed by atoms with van der Waals surface area (Å²) < 4.78 is 11.3. The van der Waals surface area contributed by atoms with Crippen LogP contribution in [0.15, 0.2) is 35.1 Å². The van der Waals surface area contributed by atoms with E-state index in [0.29, 0.717) is 17.0 Å². The molecule has 0 saturated carbocycles. The van der Waals surface area contributed by atoms with Gasteiger partial charge in [-0.3, -0.25) is 4.79 Å². The monoisotopic (exact) mass is 304 g/mol. The first kappa shape index (κ1) is 15.7. The van der Waals surface area contributed by atoms with Crippen LogP contribution in [0.4, 0.5) is 0 Å². The minimum atomic E-state index is -1.30. The maximum atomic E-state index is 12.1. The van der Waals surface area contributed by atoms with E-state index in [1.54, 1.807) is 24.3 Å². The molecule has 0 aliphatic heterocycles. The first-order valence-electron chi connectivity index (χ1n) is 6.56. The van der Waals surface area contributed by atoms with Gasteiger partial charge < -0.3 is 14.6 Å². The van der Waals surface area contributed by atoms with Crippen LogP contribution in [-0.2, 0) is 11.3 Å². The third-order valence-corrected chi connectivity index (χ3v) is 3.09. The lowest BCUT2D eigenvalue weighted by Gasteiger charge is -2.11. The van der Waals surface area contributed by atoms with Gasteiger partial charge >= 0.3 is 5.97 Å². The van der Waals surface area contributed by atoms with E-state index in [2.05, 4.69) is 5.10 Å². The van der Waals surface area contributed by atoms with E-state index in [1.165, 1.54) is 20.3 Å². The van der Waals surface area contributed by atoms with Gasteiger partial charge in [-0.1, -0.05) is 12.1 Å². The summed E-state index contributed by atoms with van der Waals surface area (Å²) in [6, 6.07) is 8.32. The van der Waals surface area contributed by atoms with Crippen molar-refractivity contribution in [1.29, 1.82) is 0 Å². The summed E-state index contributed by atoms with van der Waals surface area (Å²) in [6.45, 7) is 0.417. The van der Waals surface area contributed by atoms with Crippen LogP contribution >= 0.6 is 0 Å². The number of aromatic nitrogens is 2. The largest absolute Gasteiger partial charge is 0.496 e. The number of benzene rings is 1. The van der Waals surface area contributed by atoms with Crippen molar-refractivity contribution in [3.63, 3.8) is 0 Å². The highest BCUT2D eigenvalue weighted by Crippen LogP contribution is 2.27. The highest BCUT2D eigenvalue weighted by molar-refractivity contribution is 5.88. The molecule has 0 saturated heterocycles. The van der Waals surface area contributed by atoms with E-state index in [-0.39, 0.29) is 18.7 Å². The Balaban J connectivity index is 2.63. The van der Waals surface area contributed by atoms with Crippen LogP contribution in [0.25, 0.3) is 11.3 Å². The van der Waals surface area contributed by atoms with Crippen LogP contribution in [-0.4, -0.2) is 41.7 Å². The van der Waals surface area contributed by atoms with Crippen LogP contribution in [0, 0.1) is 0 Å². The van der Waals surface area contributed by atoms with E-state index in [4.69, 9.17) is 9.47 Å². The molecule has 0 radical (unpaired) electrons. The molecule has 0 aliphatic carbocycles. The molecule has 7 heteroatoms. The van der Waals surface area contributed by atoms with Crippen molar-refractivity contribution in [1.82, 2.24) is 9.78 Å². The quantitative estimate of drug-likeness (QED) is 0.864. The molecule has 1 N–H and O–H groups in total. The van der Waals surface area contributed by atoms with Gasteiger partial charge in [0.2, 0.25) is 0 Å². The number of para-hydroxylation sites is 1. The Kier molecular flexibility index (Phi) is 4.90. The lowest BCUT2D eigenvalue weighted by molar-refractivity contribution is 0.0693. The second-order valence-electron chi connectivity index (χ2n) is 4.47. The second-order valence-corrected chi connectivity index (χ2v) is 4.47. The molecule has 0 bridgehead atoms. The first-order chi connectivity index (χ1) is 10.6. The summed E-state index contributed by atoms with van der Waals surface area (Å²) in [6.07, 6.45) is 0. The van der Waals surface area contributed by atoms with E-state index >= 15 is 0 Å². The number of hydrogen-bond donors (Lipinski definition) is 1. The zero-order valence-corrected chi connectivity index (χ0v) is 12.3. The molecule has 0 spiro atoms. The third kappa shape index (κ3) is 3.15. The van der Waals surface area contributed by atoms with E-state index < -0.39 is 11.5 Å². The van der Waals surface area contributed by atoms with Crippen molar-refractivity contribution in [3.05, 3.63) is 46.2 Å². The minimum absolute atomic E-state index is 0.165. The van der Waals surface area contributed by atoms with Crippen LogP contribution in [0.5, 0.6) is 5.75 Å². The summed E-state index contributed by atoms with van der Waals surface area (Å²) in [5, 5.41) is 13.4. The Morgan fingerprint density at radius 1 is 1.32 bits per heavy atom. The summed E-state index contributed by atoms with van der Waals surface area (Å²) in [7, 11) is 3.01. The molecule has 0 amide bonds. The smallest absolute Gasteiger partial charge is 0.341 e. The van der Waals surface area contributed by atoms with Gasteiger partial charge in [-0.2, -0.15) is 5.10 Å². The van der Waals surface area contributed by atoms with Crippen molar-refractivity contribution < 1.29 is 19.4 Å². The van der Waals surface area contributed by atoms with Gasteiger partial charge in [0, 0.05) is 12.7 Å². The molecule has 7 nitrogen and oxygen atoms in total. The van der Waals surface area contributed by atoms with Gasteiger partial charge in [0.1, 0.15) is 11.3 Å². The molecule has 0 atom stereocenters. The van der Waals surface area contributed by atoms with Crippen molar-refractivity contribution >= 4 is 5.97 Å². The van der Waals surface area contributed by atoms with Gasteiger partial charge in [0.05, 0.1) is 26.0 Å². The predicted molar refractivity (Wildman–Crippen MR) is 79.3 cm³/mol. The number of methoxy groups -OCH3 is 2. The number of aromatic carboxylic acids is 1. The summed E-state index contributed by atoms with van der Waals surface area (Å²) in [4.78, 5) is 23.4. The highest BCUT2D eigenvalue weighted by Gasteiger charge is 2.17. The fraction of sp³-hybridized carbons (Fsp3) is 0.267. The van der Waals surface area contributed by atoms with Crippen molar-refractivity contribution in [2.24, 2.45) is 0 Å². The second kappa shape index (κ2) is 6.86. The Labute approximate surface area is 126 Å². The van der Waals surface area contributed by atoms with Crippen molar-refractivity contribution in [2.45, 2.75) is 6.54 Å². The van der Waals surface area contributed by atoms with Gasteiger partial charge in [-0.05, 0) is 18.2 Å². The number of hydrogen-bond acceptors (Lipinski definition) is 5. The van der Waals surface area contributed by atoms with Gasteiger partial charge in [-0.25, -0.2) is 9.48 Å². The van der Waals surface area contributed by atoms with Gasteiger partial charge in [0.25, 0.3) is 5.56 Å². The Morgan fingerprint density at radius 2 is 2.05 bits per heavy atom. The molecule has 22 heavy (non-hydrogen) atoms. The van der Waals surface area contributed by atoms with Crippen LogP contribution in [0.2, 0.25) is 0 Å². The molecule has 2 rings (SSSR count). The molecule has 2 aromatic rings. The molecule has 116 valence electrons. The van der Waals surface area contributed by atoms with Gasteiger partial charge in [0.15, 0.2) is 0 Å². The normalized spacial score (nSPS) is 10.5. The van der Waals surface area contributed by atoms with Crippen LogP contribution in [0.3, 0.4) is 0 Å². The van der Waals surface area contributed by atoms with E-state index in [9.17, 15) is 14.7 Å². The molecular weight excluding hydrogens is 288 g/mol. The lowest BCUT2D eigenvalue weighted by atomic mass is 10.1. The molecule has 0 aliphatic rings. The summed E-state index contributed by atoms with van der Waals surface area (Å²) in [5.41, 5.74) is -0.0422. The maximum absolute atomic E-state index is 12.1. The van der Waals surface area contributed by atoms with E-state index in [1.807, 2.05) is 0 Å². The number of rotatable bonds is 6. The molecule has 1 heterocycles. The fourth-order valence-corrected chi connectivity index (χ4v) is 2.01. The molecular formula is C15H16N2O5. The molecule has 0 unspecified atom stereocenters. The van der Waals surface area contributed by atoms with Crippen LogP contribution < -0.4 is 10.3 Å². The predicted octanol–water partition coefficient (Wildman–Crippen LogP) is 1.26. The highest BCUT2D eigenvalue weighted by atomic mass is 16.5. The van der Waals surface area contributed by atoms with Gasteiger partial charge in [-0.15, -0.1) is 0 Å². The van der Waals surface area contributed by atoms with Crippen LogP contribution in [0.1, 0.15) is 10.4 Å². The number of nitrogens with zero attached hydrogens (tertiary/aromatic N) is 2. The first-order valence-corrected chi connectivity index (χ1v) is 6.56. The Morgan fingerprint density at radius 3 is 2.68 bits per heavy atom. The lowest BCUT2D eigenvalue weighted by Crippen LogP contribution is -2.30. The maximum Gasteiger partial charge on any atom is 0.341 e. The molecule has 1 aromatic heterocycles. The number of carboxylic acids is 1. The topological polar surface area (TPSA) is 90.7 Å².